The topological polar surface area (TPSA) is 176 Å². The molecule has 2 aromatic rings. The number of aromatic nitrogens is 1. The lowest BCUT2D eigenvalue weighted by Gasteiger charge is -2.35. The third-order valence-electron chi connectivity index (χ3n) is 9.15. The van der Waals surface area contributed by atoms with E-state index in [0.29, 0.717) is 5.75 Å². The predicted molar refractivity (Wildman–Crippen MR) is 179 cm³/mol. The number of ether oxygens (including phenoxy) is 2. The Balaban J connectivity index is 1.41. The van der Waals surface area contributed by atoms with Crippen molar-refractivity contribution in [3.8, 4) is 5.75 Å². The fourth-order valence-electron chi connectivity index (χ4n) is 6.26. The Morgan fingerprint density at radius 1 is 1.17 bits per heavy atom. The molecule has 0 spiro atoms. The van der Waals surface area contributed by atoms with Gasteiger partial charge in [0.25, 0.3) is 5.91 Å². The van der Waals surface area contributed by atoms with Crippen LogP contribution >= 0.6 is 11.3 Å². The SMILES string of the molecule is C=C[C@@H]1C[C@]1(NC(=O)[C@H]1C[C@@H](Oc2ccnc3ccsc23)CN1C(=O)[C@@H](NC(=O)OC1CCCC1)C(C)(C)C)C(=O)NS(=O)(=O)N(C)C. The van der Waals surface area contributed by atoms with Crippen LogP contribution in [0.25, 0.3) is 10.2 Å². The molecular weight excluding hydrogens is 661 g/mol. The van der Waals surface area contributed by atoms with Crippen molar-refractivity contribution >= 4 is 55.6 Å². The standard InChI is InChI=1S/C32H44N6O8S2/c1-7-19-17-32(19,29(41)36-48(43,44)37(5)6)35-27(39)23-16-21(45-24-12-14-33-22-13-15-47-25(22)24)18-38(23)28(40)26(31(2,3)4)34-30(42)46-20-10-8-9-11-20/h7,12-15,19-21,23,26H,1,8-11,16-18H2,2-6H3,(H,34,42)(H,35,39)(H,36,41)/t19-,21-,23-,26-,32-/m1/s1. The smallest absolute Gasteiger partial charge is 0.408 e. The zero-order valence-electron chi connectivity index (χ0n) is 27.9. The van der Waals surface area contributed by atoms with Gasteiger partial charge in [-0.25, -0.2) is 9.52 Å². The maximum absolute atomic E-state index is 14.4. The number of likely N-dealkylation sites (tertiary alicyclic amines) is 1. The van der Waals surface area contributed by atoms with Crippen LogP contribution < -0.4 is 20.1 Å². The number of nitrogens with zero attached hydrogens (tertiary/aromatic N) is 3. The number of hydrogen-bond acceptors (Lipinski definition) is 10. The minimum atomic E-state index is -4.15. The van der Waals surface area contributed by atoms with Gasteiger partial charge in [0.2, 0.25) is 11.8 Å². The first-order valence-electron chi connectivity index (χ1n) is 16.0. The van der Waals surface area contributed by atoms with E-state index in [1.807, 2.05) is 16.2 Å². The van der Waals surface area contributed by atoms with Crippen molar-refractivity contribution in [1.29, 1.82) is 0 Å². The van der Waals surface area contributed by atoms with Crippen LogP contribution in [-0.4, -0.2) is 96.9 Å². The number of alkyl carbamates (subject to hydrolysis) is 1. The maximum atomic E-state index is 14.4. The first-order chi connectivity index (χ1) is 22.6. The highest BCUT2D eigenvalue weighted by molar-refractivity contribution is 7.87. The van der Waals surface area contributed by atoms with Crippen LogP contribution in [0.5, 0.6) is 5.75 Å². The van der Waals surface area contributed by atoms with Crippen LogP contribution in [0.2, 0.25) is 0 Å². The highest BCUT2D eigenvalue weighted by Crippen LogP contribution is 2.45. The number of amides is 4. The fourth-order valence-corrected chi connectivity index (χ4v) is 7.66. The van der Waals surface area contributed by atoms with Crippen molar-refractivity contribution in [1.82, 2.24) is 29.5 Å². The number of nitrogens with one attached hydrogen (secondary N) is 3. The summed E-state index contributed by atoms with van der Waals surface area (Å²) in [6, 6.07) is 1.42. The average Bonchev–Trinajstić information content (AvgIpc) is 3.45. The largest absolute Gasteiger partial charge is 0.487 e. The van der Waals surface area contributed by atoms with Gasteiger partial charge in [-0.2, -0.15) is 12.7 Å². The fraction of sp³-hybridized carbons (Fsp3) is 0.594. The molecule has 3 aliphatic rings. The molecule has 0 unspecified atom stereocenters. The van der Waals surface area contributed by atoms with E-state index in [0.717, 1.165) is 40.2 Å². The van der Waals surface area contributed by atoms with Gasteiger partial charge >= 0.3 is 16.3 Å². The van der Waals surface area contributed by atoms with E-state index in [1.54, 1.807) is 33.0 Å². The van der Waals surface area contributed by atoms with Gasteiger partial charge < -0.3 is 25.0 Å². The van der Waals surface area contributed by atoms with Gasteiger partial charge in [0.1, 0.15) is 35.6 Å². The molecule has 0 bridgehead atoms. The van der Waals surface area contributed by atoms with Crippen LogP contribution in [0.15, 0.2) is 36.4 Å². The van der Waals surface area contributed by atoms with Crippen LogP contribution in [-0.2, 0) is 29.3 Å². The quantitative estimate of drug-likeness (QED) is 0.297. The third-order valence-corrected chi connectivity index (χ3v) is 11.5. The van der Waals surface area contributed by atoms with Gasteiger partial charge in [0.15, 0.2) is 0 Å². The van der Waals surface area contributed by atoms with E-state index < -0.39 is 69.1 Å². The second kappa shape index (κ2) is 13.6. The first kappa shape index (κ1) is 35.5. The Labute approximate surface area is 284 Å². The summed E-state index contributed by atoms with van der Waals surface area (Å²) in [5, 5.41) is 7.41. The molecule has 2 aliphatic carbocycles. The van der Waals surface area contributed by atoms with E-state index in [2.05, 4.69) is 22.2 Å². The minimum Gasteiger partial charge on any atom is -0.487 e. The summed E-state index contributed by atoms with van der Waals surface area (Å²) in [6.45, 7) is 9.16. The zero-order valence-corrected chi connectivity index (χ0v) is 29.5. The van der Waals surface area contributed by atoms with E-state index in [4.69, 9.17) is 9.47 Å². The molecular formula is C32H44N6O8S2. The van der Waals surface area contributed by atoms with Gasteiger partial charge in [0, 0.05) is 32.6 Å². The van der Waals surface area contributed by atoms with Crippen LogP contribution in [0.3, 0.4) is 0 Å². The van der Waals surface area contributed by atoms with Crippen molar-refractivity contribution in [3.05, 3.63) is 36.4 Å². The monoisotopic (exact) mass is 704 g/mol. The van der Waals surface area contributed by atoms with Crippen LogP contribution in [0, 0.1) is 11.3 Å². The molecule has 16 heteroatoms. The van der Waals surface area contributed by atoms with Crippen molar-refractivity contribution in [3.63, 3.8) is 0 Å². The summed E-state index contributed by atoms with van der Waals surface area (Å²) in [6.07, 6.45) is 5.21. The third kappa shape index (κ3) is 7.44. The number of carbonyl (C=O) groups excluding carboxylic acids is 4. The number of thiophene rings is 1. The van der Waals surface area contributed by atoms with Gasteiger partial charge in [-0.3, -0.25) is 19.4 Å². The molecule has 262 valence electrons. The van der Waals surface area contributed by atoms with Crippen molar-refractivity contribution in [2.45, 2.75) is 89.1 Å². The molecule has 48 heavy (non-hydrogen) atoms. The molecule has 5 rings (SSSR count). The van der Waals surface area contributed by atoms with E-state index in [1.165, 1.54) is 36.4 Å². The summed E-state index contributed by atoms with van der Waals surface area (Å²) < 4.78 is 40.6. The van der Waals surface area contributed by atoms with E-state index in [-0.39, 0.29) is 25.5 Å². The molecule has 5 atom stereocenters. The summed E-state index contributed by atoms with van der Waals surface area (Å²) in [4.78, 5) is 60.5. The Bertz CT molecular complexity index is 1680. The summed E-state index contributed by atoms with van der Waals surface area (Å²) in [5.74, 6) is -2.06. The predicted octanol–water partition coefficient (Wildman–Crippen LogP) is 2.71. The highest BCUT2D eigenvalue weighted by atomic mass is 32.2. The van der Waals surface area contributed by atoms with Crippen LogP contribution in [0.4, 0.5) is 4.79 Å². The number of hydrogen-bond donors (Lipinski definition) is 3. The Kier molecular flexibility index (Phi) is 10.1. The van der Waals surface area contributed by atoms with Crippen molar-refractivity contribution < 1.29 is 37.1 Å². The molecule has 14 nitrogen and oxygen atoms in total. The normalized spacial score (nSPS) is 25.0. The summed E-state index contributed by atoms with van der Waals surface area (Å²) in [5.41, 5.74) is -1.59. The molecule has 1 aliphatic heterocycles. The Morgan fingerprint density at radius 2 is 1.88 bits per heavy atom. The Hall–Kier alpha value is -3.76. The average molecular weight is 705 g/mol. The Morgan fingerprint density at radius 3 is 2.50 bits per heavy atom. The van der Waals surface area contributed by atoms with Gasteiger partial charge in [0.05, 0.1) is 16.8 Å². The maximum Gasteiger partial charge on any atom is 0.408 e. The molecule has 2 aromatic heterocycles. The zero-order chi connectivity index (χ0) is 35.0. The van der Waals surface area contributed by atoms with Crippen LogP contribution in [0.1, 0.15) is 59.3 Å². The van der Waals surface area contributed by atoms with E-state index in [9.17, 15) is 27.6 Å². The van der Waals surface area contributed by atoms with E-state index >= 15 is 0 Å². The lowest BCUT2D eigenvalue weighted by Crippen LogP contribution is -2.60. The van der Waals surface area contributed by atoms with Gasteiger partial charge in [-0.05, 0) is 55.0 Å². The summed E-state index contributed by atoms with van der Waals surface area (Å²) in [7, 11) is -1.60. The first-order valence-corrected chi connectivity index (χ1v) is 18.3. The molecule has 3 heterocycles. The number of rotatable bonds is 11. The number of carbonyl (C=O) groups is 4. The number of pyridine rings is 1. The summed E-state index contributed by atoms with van der Waals surface area (Å²) >= 11 is 1.45. The lowest BCUT2D eigenvalue weighted by atomic mass is 9.85. The minimum absolute atomic E-state index is 0.0110. The molecule has 3 fully saturated rings. The molecule has 3 N–H and O–H groups in total. The molecule has 2 saturated carbocycles. The highest BCUT2D eigenvalue weighted by Gasteiger charge is 2.61. The molecule has 0 aromatic carbocycles. The van der Waals surface area contributed by atoms with Gasteiger partial charge in [-0.15, -0.1) is 17.9 Å². The van der Waals surface area contributed by atoms with Gasteiger partial charge in [-0.1, -0.05) is 26.8 Å². The van der Waals surface area contributed by atoms with Crippen molar-refractivity contribution in [2.24, 2.45) is 11.3 Å². The molecule has 0 radical (unpaired) electrons. The lowest BCUT2D eigenvalue weighted by molar-refractivity contribution is -0.143. The van der Waals surface area contributed by atoms with Crippen molar-refractivity contribution in [2.75, 3.05) is 20.6 Å². The molecule has 4 amide bonds. The molecule has 1 saturated heterocycles. The number of fused-ring (bicyclic) bond motifs is 1. The second-order valence-electron chi connectivity index (χ2n) is 13.9. The second-order valence-corrected chi connectivity index (χ2v) is 16.7.